The van der Waals surface area contributed by atoms with E-state index in [1.54, 1.807) is 20.3 Å². The van der Waals surface area contributed by atoms with Gasteiger partial charge in [-0.3, -0.25) is 4.90 Å². The number of para-hydroxylation sites is 1. The van der Waals surface area contributed by atoms with Crippen LogP contribution in [-0.2, 0) is 11.3 Å². The molecule has 0 unspecified atom stereocenters. The highest BCUT2D eigenvalue weighted by Crippen LogP contribution is 2.35. The molecule has 0 saturated carbocycles. The van der Waals surface area contributed by atoms with Crippen LogP contribution in [0, 0.1) is 5.82 Å². The number of anilines is 1. The van der Waals surface area contributed by atoms with Crippen molar-refractivity contribution in [2.45, 2.75) is 31.5 Å². The lowest BCUT2D eigenvalue weighted by Crippen LogP contribution is -2.48. The molecule has 35 heavy (non-hydrogen) atoms. The lowest BCUT2D eigenvalue weighted by atomic mass is 10.0. The molecule has 0 spiro atoms. The van der Waals surface area contributed by atoms with Crippen LogP contribution in [0.4, 0.5) is 10.1 Å². The van der Waals surface area contributed by atoms with E-state index in [-0.39, 0.29) is 18.0 Å². The predicted molar refractivity (Wildman–Crippen MR) is 128 cm³/mol. The fourth-order valence-corrected chi connectivity index (χ4v) is 4.99. The largest absolute Gasteiger partial charge is 0.493 e. The van der Waals surface area contributed by atoms with E-state index in [0.29, 0.717) is 36.8 Å². The van der Waals surface area contributed by atoms with Crippen molar-refractivity contribution in [3.8, 4) is 11.5 Å². The van der Waals surface area contributed by atoms with Crippen molar-refractivity contribution >= 4 is 5.69 Å². The minimum absolute atomic E-state index is 0.112. The molecule has 2 aromatic carbocycles. The molecule has 2 aliphatic rings. The summed E-state index contributed by atoms with van der Waals surface area (Å²) in [6.45, 7) is 4.22. The van der Waals surface area contributed by atoms with Gasteiger partial charge in [0.1, 0.15) is 5.82 Å². The number of hydrogen-bond acceptors (Lipinski definition) is 8. The standard InChI is InChI=1S/C25H31FN6O3/c1-33-22-10-9-18(16-23(22)34-2)24(25-27-28-29-32(25)17-19-6-5-15-35-19)31-13-11-30(12-14-31)21-8-4-3-7-20(21)26/h3-4,7-10,16,19,24H,5-6,11-15,17H2,1-2H3/t19-,24-/m1/s1. The first kappa shape index (κ1) is 23.5. The number of halogens is 1. The summed E-state index contributed by atoms with van der Waals surface area (Å²) in [6.07, 6.45) is 2.17. The zero-order valence-corrected chi connectivity index (χ0v) is 20.1. The molecule has 3 aromatic rings. The molecule has 1 aromatic heterocycles. The summed E-state index contributed by atoms with van der Waals surface area (Å²) in [7, 11) is 3.25. The summed E-state index contributed by atoms with van der Waals surface area (Å²) in [6, 6.07) is 12.6. The smallest absolute Gasteiger partial charge is 0.173 e. The highest BCUT2D eigenvalue weighted by molar-refractivity contribution is 5.48. The van der Waals surface area contributed by atoms with E-state index in [1.807, 2.05) is 35.0 Å². The molecule has 2 fully saturated rings. The number of rotatable bonds is 8. The first-order chi connectivity index (χ1) is 17.2. The summed E-state index contributed by atoms with van der Waals surface area (Å²) in [4.78, 5) is 4.43. The van der Waals surface area contributed by atoms with E-state index in [4.69, 9.17) is 14.2 Å². The van der Waals surface area contributed by atoms with Crippen LogP contribution in [0.1, 0.15) is 30.3 Å². The van der Waals surface area contributed by atoms with Crippen LogP contribution in [0.3, 0.4) is 0 Å². The third-order valence-electron chi connectivity index (χ3n) is 6.80. The first-order valence-electron chi connectivity index (χ1n) is 12.0. The molecule has 0 radical (unpaired) electrons. The van der Waals surface area contributed by atoms with Gasteiger partial charge in [0.05, 0.1) is 38.6 Å². The monoisotopic (exact) mass is 482 g/mol. The molecule has 0 bridgehead atoms. The van der Waals surface area contributed by atoms with Crippen LogP contribution in [0.5, 0.6) is 11.5 Å². The molecule has 2 saturated heterocycles. The topological polar surface area (TPSA) is 77.8 Å². The highest BCUT2D eigenvalue weighted by atomic mass is 19.1. The van der Waals surface area contributed by atoms with Gasteiger partial charge in [-0.2, -0.15) is 0 Å². The summed E-state index contributed by atoms with van der Waals surface area (Å²) in [5.41, 5.74) is 1.64. The Hall–Kier alpha value is -3.24. The number of tetrazole rings is 1. The van der Waals surface area contributed by atoms with Crippen molar-refractivity contribution in [1.29, 1.82) is 0 Å². The number of aromatic nitrogens is 4. The molecule has 0 amide bonds. The van der Waals surface area contributed by atoms with Crippen molar-refractivity contribution in [2.24, 2.45) is 0 Å². The van der Waals surface area contributed by atoms with Gasteiger partial charge in [0.2, 0.25) is 0 Å². The SMILES string of the molecule is COc1ccc([C@H](c2nnnn2C[C@H]2CCCO2)N2CCN(c3ccccc3F)CC2)cc1OC. The molecule has 5 rings (SSSR count). The maximum atomic E-state index is 14.4. The Kier molecular flexibility index (Phi) is 7.10. The van der Waals surface area contributed by atoms with E-state index in [0.717, 1.165) is 43.9 Å². The van der Waals surface area contributed by atoms with Crippen LogP contribution in [0.25, 0.3) is 0 Å². The van der Waals surface area contributed by atoms with Gasteiger partial charge in [0.15, 0.2) is 17.3 Å². The third kappa shape index (κ3) is 4.94. The maximum absolute atomic E-state index is 14.4. The van der Waals surface area contributed by atoms with E-state index in [2.05, 4.69) is 25.3 Å². The van der Waals surface area contributed by atoms with Crippen LogP contribution in [0.15, 0.2) is 42.5 Å². The Morgan fingerprint density at radius 1 is 1.06 bits per heavy atom. The van der Waals surface area contributed by atoms with E-state index >= 15 is 0 Å². The van der Waals surface area contributed by atoms with Crippen molar-refractivity contribution in [2.75, 3.05) is 51.9 Å². The van der Waals surface area contributed by atoms with Gasteiger partial charge in [0.25, 0.3) is 0 Å². The predicted octanol–water partition coefficient (Wildman–Crippen LogP) is 2.92. The Labute approximate surface area is 204 Å². The molecule has 3 heterocycles. The minimum Gasteiger partial charge on any atom is -0.493 e. The van der Waals surface area contributed by atoms with Gasteiger partial charge in [0, 0.05) is 32.8 Å². The molecule has 0 N–H and O–H groups in total. The van der Waals surface area contributed by atoms with E-state index in [9.17, 15) is 4.39 Å². The molecular formula is C25H31FN6O3. The van der Waals surface area contributed by atoms with E-state index in [1.165, 1.54) is 6.07 Å². The Bertz CT molecular complexity index is 1130. The van der Waals surface area contributed by atoms with Gasteiger partial charge >= 0.3 is 0 Å². The third-order valence-corrected chi connectivity index (χ3v) is 6.80. The van der Waals surface area contributed by atoms with Crippen molar-refractivity contribution in [3.63, 3.8) is 0 Å². The summed E-state index contributed by atoms with van der Waals surface area (Å²) < 4.78 is 33.1. The van der Waals surface area contributed by atoms with Crippen LogP contribution in [0.2, 0.25) is 0 Å². The van der Waals surface area contributed by atoms with Crippen LogP contribution < -0.4 is 14.4 Å². The molecule has 0 aliphatic carbocycles. The maximum Gasteiger partial charge on any atom is 0.173 e. The minimum atomic E-state index is -0.200. The van der Waals surface area contributed by atoms with Crippen LogP contribution >= 0.6 is 0 Å². The summed E-state index contributed by atoms with van der Waals surface area (Å²) in [5, 5.41) is 12.8. The van der Waals surface area contributed by atoms with Crippen LogP contribution in [-0.4, -0.2) is 78.2 Å². The van der Waals surface area contributed by atoms with Gasteiger partial charge in [-0.05, 0) is 53.1 Å². The second-order valence-corrected chi connectivity index (χ2v) is 8.85. The molecule has 2 atom stereocenters. The molecule has 186 valence electrons. The lowest BCUT2D eigenvalue weighted by Gasteiger charge is -2.40. The number of hydrogen-bond donors (Lipinski definition) is 0. The van der Waals surface area contributed by atoms with E-state index < -0.39 is 0 Å². The van der Waals surface area contributed by atoms with Crippen molar-refractivity contribution < 1.29 is 18.6 Å². The molecule has 9 nitrogen and oxygen atoms in total. The van der Waals surface area contributed by atoms with Gasteiger partial charge < -0.3 is 19.1 Å². The lowest BCUT2D eigenvalue weighted by molar-refractivity contribution is 0.0906. The van der Waals surface area contributed by atoms with Crippen molar-refractivity contribution in [3.05, 3.63) is 59.7 Å². The van der Waals surface area contributed by atoms with Crippen molar-refractivity contribution in [1.82, 2.24) is 25.1 Å². The van der Waals surface area contributed by atoms with Gasteiger partial charge in [-0.1, -0.05) is 18.2 Å². The number of nitrogens with zero attached hydrogens (tertiary/aromatic N) is 6. The molecule has 10 heteroatoms. The summed E-state index contributed by atoms with van der Waals surface area (Å²) >= 11 is 0. The Balaban J connectivity index is 1.45. The normalized spacial score (nSPS) is 19.6. The number of methoxy groups -OCH3 is 2. The number of benzene rings is 2. The molecular weight excluding hydrogens is 451 g/mol. The Morgan fingerprint density at radius 3 is 2.57 bits per heavy atom. The number of piperazine rings is 1. The summed E-state index contributed by atoms with van der Waals surface area (Å²) in [5.74, 6) is 1.88. The second-order valence-electron chi connectivity index (χ2n) is 8.85. The fraction of sp³-hybridized carbons (Fsp3) is 0.480. The number of ether oxygens (including phenoxy) is 3. The average molecular weight is 483 g/mol. The zero-order chi connectivity index (χ0) is 24.2. The fourth-order valence-electron chi connectivity index (χ4n) is 4.99. The van der Waals surface area contributed by atoms with Gasteiger partial charge in [-0.25, -0.2) is 9.07 Å². The second kappa shape index (κ2) is 10.6. The first-order valence-corrected chi connectivity index (χ1v) is 12.0. The highest BCUT2D eigenvalue weighted by Gasteiger charge is 2.32. The quantitative estimate of drug-likeness (QED) is 0.485. The zero-order valence-electron chi connectivity index (χ0n) is 20.1. The van der Waals surface area contributed by atoms with Gasteiger partial charge in [-0.15, -0.1) is 5.10 Å². The molecule has 2 aliphatic heterocycles. The average Bonchev–Trinajstić information content (AvgIpc) is 3.58. The Morgan fingerprint density at radius 2 is 1.86 bits per heavy atom.